The number of piperidine rings is 1. The minimum absolute atomic E-state index is 0.175. The maximum Gasteiger partial charge on any atom is 0.256 e. The molecule has 4 heteroatoms. The van der Waals surface area contributed by atoms with Gasteiger partial charge in [-0.2, -0.15) is 0 Å². The number of likely N-dealkylation sites (tertiary alicyclic amines) is 2. The van der Waals surface area contributed by atoms with Gasteiger partial charge in [-0.1, -0.05) is 72.8 Å². The Kier molecular flexibility index (Phi) is 6.54. The summed E-state index contributed by atoms with van der Waals surface area (Å²) in [6.07, 6.45) is 2.34. The molecule has 5 rings (SSSR count). The van der Waals surface area contributed by atoms with Crippen LogP contribution in [0.25, 0.3) is 0 Å². The number of halogens is 1. The van der Waals surface area contributed by atoms with E-state index in [0.717, 1.165) is 19.6 Å². The van der Waals surface area contributed by atoms with Gasteiger partial charge in [0.25, 0.3) is 5.91 Å². The fourth-order valence-corrected chi connectivity index (χ4v) is 5.61. The van der Waals surface area contributed by atoms with Crippen molar-refractivity contribution in [2.75, 3.05) is 32.7 Å². The van der Waals surface area contributed by atoms with Gasteiger partial charge < -0.3 is 9.80 Å². The average molecular weight is 443 g/mol. The highest BCUT2D eigenvalue weighted by atomic mass is 19.1. The summed E-state index contributed by atoms with van der Waals surface area (Å²) in [5.74, 6) is 0.616. The molecule has 2 saturated heterocycles. The molecule has 1 amide bonds. The third kappa shape index (κ3) is 4.86. The van der Waals surface area contributed by atoms with E-state index in [4.69, 9.17) is 0 Å². The summed E-state index contributed by atoms with van der Waals surface area (Å²) < 4.78 is 14.3. The van der Waals surface area contributed by atoms with Gasteiger partial charge in [0.15, 0.2) is 0 Å². The SMILES string of the molecule is O=C(c1ccccc1F)N1C[C@H](CN2CCC(c3ccccc3)CC2)[C@@H](c2ccccc2)C1. The van der Waals surface area contributed by atoms with Gasteiger partial charge in [-0.25, -0.2) is 4.39 Å². The molecule has 2 atom stereocenters. The zero-order valence-electron chi connectivity index (χ0n) is 18.9. The minimum Gasteiger partial charge on any atom is -0.338 e. The van der Waals surface area contributed by atoms with Gasteiger partial charge in [-0.15, -0.1) is 0 Å². The average Bonchev–Trinajstić information content (AvgIpc) is 3.29. The Balaban J connectivity index is 1.29. The molecule has 3 aromatic carbocycles. The lowest BCUT2D eigenvalue weighted by molar-refractivity contribution is 0.0776. The molecule has 0 radical (unpaired) electrons. The van der Waals surface area contributed by atoms with Gasteiger partial charge in [-0.3, -0.25) is 4.79 Å². The highest BCUT2D eigenvalue weighted by Gasteiger charge is 2.38. The fourth-order valence-electron chi connectivity index (χ4n) is 5.61. The van der Waals surface area contributed by atoms with Crippen molar-refractivity contribution >= 4 is 5.91 Å². The van der Waals surface area contributed by atoms with Crippen molar-refractivity contribution < 1.29 is 9.18 Å². The van der Waals surface area contributed by atoms with Crippen LogP contribution in [0.4, 0.5) is 4.39 Å². The topological polar surface area (TPSA) is 23.6 Å². The third-order valence-corrected chi connectivity index (χ3v) is 7.41. The Morgan fingerprint density at radius 1 is 0.788 bits per heavy atom. The maximum atomic E-state index is 14.3. The number of benzene rings is 3. The van der Waals surface area contributed by atoms with E-state index >= 15 is 0 Å². The molecule has 0 unspecified atom stereocenters. The number of rotatable bonds is 5. The lowest BCUT2D eigenvalue weighted by Crippen LogP contribution is -2.38. The van der Waals surface area contributed by atoms with Gasteiger partial charge in [0.2, 0.25) is 0 Å². The van der Waals surface area contributed by atoms with Gasteiger partial charge in [0.1, 0.15) is 5.82 Å². The first-order valence-corrected chi connectivity index (χ1v) is 12.0. The van der Waals surface area contributed by atoms with E-state index in [9.17, 15) is 9.18 Å². The Bertz CT molecular complexity index is 1060. The Hall–Kier alpha value is -2.98. The summed E-state index contributed by atoms with van der Waals surface area (Å²) in [5, 5.41) is 0. The second kappa shape index (κ2) is 9.88. The van der Waals surface area contributed by atoms with Crippen molar-refractivity contribution in [2.45, 2.75) is 24.7 Å². The lowest BCUT2D eigenvalue weighted by Gasteiger charge is -2.34. The van der Waals surface area contributed by atoms with Crippen LogP contribution in [-0.2, 0) is 0 Å². The number of amides is 1. The molecule has 2 fully saturated rings. The minimum atomic E-state index is -0.440. The van der Waals surface area contributed by atoms with Crippen LogP contribution in [0, 0.1) is 11.7 Å². The van der Waals surface area contributed by atoms with Crippen LogP contribution < -0.4 is 0 Å². The molecule has 0 spiro atoms. The standard InChI is InChI=1S/C29H31FN2O/c30-28-14-8-7-13-26(28)29(33)32-20-25(27(21-32)24-11-5-2-6-12-24)19-31-17-15-23(16-18-31)22-9-3-1-4-10-22/h1-14,23,25,27H,15-21H2/t25-,27+/m0/s1. The summed E-state index contributed by atoms with van der Waals surface area (Å²) >= 11 is 0. The summed E-state index contributed by atoms with van der Waals surface area (Å²) in [6.45, 7) is 4.45. The highest BCUT2D eigenvalue weighted by molar-refractivity contribution is 5.94. The van der Waals surface area contributed by atoms with E-state index in [-0.39, 0.29) is 17.4 Å². The first-order valence-electron chi connectivity index (χ1n) is 12.0. The molecule has 33 heavy (non-hydrogen) atoms. The summed E-state index contributed by atoms with van der Waals surface area (Å²) in [5.41, 5.74) is 2.89. The highest BCUT2D eigenvalue weighted by Crippen LogP contribution is 2.36. The van der Waals surface area contributed by atoms with Crippen LogP contribution in [0.5, 0.6) is 0 Å². The van der Waals surface area contributed by atoms with Crippen molar-refractivity contribution in [3.8, 4) is 0 Å². The van der Waals surface area contributed by atoms with Gasteiger partial charge >= 0.3 is 0 Å². The van der Waals surface area contributed by atoms with E-state index in [1.807, 2.05) is 11.0 Å². The molecule has 2 aliphatic heterocycles. The van der Waals surface area contributed by atoms with Gasteiger partial charge in [0, 0.05) is 25.6 Å². The second-order valence-corrected chi connectivity index (χ2v) is 9.45. The molecule has 2 heterocycles. The molecule has 0 aliphatic carbocycles. The maximum absolute atomic E-state index is 14.3. The van der Waals surface area contributed by atoms with E-state index in [1.54, 1.807) is 18.2 Å². The molecule has 0 aromatic heterocycles. The number of nitrogens with zero attached hydrogens (tertiary/aromatic N) is 2. The number of hydrogen-bond donors (Lipinski definition) is 0. The molecular formula is C29H31FN2O. The van der Waals surface area contributed by atoms with E-state index in [1.165, 1.54) is 30.0 Å². The summed E-state index contributed by atoms with van der Waals surface area (Å²) in [6, 6.07) is 27.6. The van der Waals surface area contributed by atoms with Gasteiger partial charge in [-0.05, 0) is 61.0 Å². The van der Waals surface area contributed by atoms with Crippen LogP contribution in [-0.4, -0.2) is 48.4 Å². The molecular weight excluding hydrogens is 411 g/mol. The first-order chi connectivity index (χ1) is 16.2. The first kappa shape index (κ1) is 21.8. The smallest absolute Gasteiger partial charge is 0.256 e. The van der Waals surface area contributed by atoms with Crippen LogP contribution in [0.1, 0.15) is 46.2 Å². The predicted octanol–water partition coefficient (Wildman–Crippen LogP) is 5.56. The second-order valence-electron chi connectivity index (χ2n) is 9.45. The van der Waals surface area contributed by atoms with Crippen LogP contribution in [0.3, 0.4) is 0 Å². The van der Waals surface area contributed by atoms with Crippen molar-refractivity contribution in [3.63, 3.8) is 0 Å². The van der Waals surface area contributed by atoms with E-state index in [0.29, 0.717) is 24.9 Å². The van der Waals surface area contributed by atoms with Crippen LogP contribution in [0.2, 0.25) is 0 Å². The Labute approximate surface area is 195 Å². The molecule has 2 aliphatic rings. The molecule has 3 aromatic rings. The fraction of sp³-hybridized carbons (Fsp3) is 0.345. The van der Waals surface area contributed by atoms with Gasteiger partial charge in [0.05, 0.1) is 5.56 Å². The number of hydrogen-bond acceptors (Lipinski definition) is 2. The van der Waals surface area contributed by atoms with Crippen LogP contribution >= 0.6 is 0 Å². The number of carbonyl (C=O) groups is 1. The van der Waals surface area contributed by atoms with Crippen molar-refractivity contribution in [2.24, 2.45) is 5.92 Å². The molecule has 0 saturated carbocycles. The quantitative estimate of drug-likeness (QED) is 0.516. The largest absolute Gasteiger partial charge is 0.338 e. The third-order valence-electron chi connectivity index (χ3n) is 7.41. The van der Waals surface area contributed by atoms with Crippen molar-refractivity contribution in [3.05, 3.63) is 107 Å². The van der Waals surface area contributed by atoms with Crippen molar-refractivity contribution in [1.29, 1.82) is 0 Å². The normalized spacial score (nSPS) is 21.9. The molecule has 3 nitrogen and oxygen atoms in total. The zero-order chi connectivity index (χ0) is 22.6. The number of carbonyl (C=O) groups excluding carboxylic acids is 1. The molecule has 0 N–H and O–H groups in total. The van der Waals surface area contributed by atoms with Crippen LogP contribution in [0.15, 0.2) is 84.9 Å². The predicted molar refractivity (Wildman–Crippen MR) is 130 cm³/mol. The van der Waals surface area contributed by atoms with E-state index < -0.39 is 5.82 Å². The van der Waals surface area contributed by atoms with Crippen molar-refractivity contribution in [1.82, 2.24) is 9.80 Å². The zero-order valence-corrected chi connectivity index (χ0v) is 18.9. The lowest BCUT2D eigenvalue weighted by atomic mass is 9.86. The monoisotopic (exact) mass is 442 g/mol. The Morgan fingerprint density at radius 2 is 1.39 bits per heavy atom. The molecule has 170 valence electrons. The Morgan fingerprint density at radius 3 is 2.06 bits per heavy atom. The molecule has 0 bridgehead atoms. The summed E-state index contributed by atoms with van der Waals surface area (Å²) in [4.78, 5) is 17.6. The summed E-state index contributed by atoms with van der Waals surface area (Å²) in [7, 11) is 0. The van der Waals surface area contributed by atoms with E-state index in [2.05, 4.69) is 59.5 Å².